The fraction of sp³-hybridized carbons (Fsp3) is 0.636. The van der Waals surface area contributed by atoms with E-state index in [4.69, 9.17) is 17.3 Å². The maximum atomic E-state index is 11.8. The van der Waals surface area contributed by atoms with Crippen molar-refractivity contribution in [1.82, 2.24) is 4.90 Å². The van der Waals surface area contributed by atoms with Crippen LogP contribution in [0.25, 0.3) is 0 Å². The minimum atomic E-state index is -1.08. The molecule has 5 nitrogen and oxygen atoms in total. The van der Waals surface area contributed by atoms with Crippen molar-refractivity contribution >= 4 is 11.9 Å². The van der Waals surface area contributed by atoms with Crippen molar-refractivity contribution in [2.24, 2.45) is 11.7 Å². The molecule has 0 aliphatic heterocycles. The van der Waals surface area contributed by atoms with E-state index in [1.807, 2.05) is 0 Å². The minimum Gasteiger partial charge on any atom is -0.481 e. The lowest BCUT2D eigenvalue weighted by molar-refractivity contribution is -0.141. The van der Waals surface area contributed by atoms with Gasteiger partial charge in [-0.2, -0.15) is 0 Å². The van der Waals surface area contributed by atoms with Gasteiger partial charge in [-0.05, 0) is 18.8 Å². The van der Waals surface area contributed by atoms with Gasteiger partial charge in [-0.15, -0.1) is 6.42 Å². The molecule has 1 aliphatic rings. The van der Waals surface area contributed by atoms with Crippen LogP contribution < -0.4 is 5.73 Å². The molecule has 1 aliphatic carbocycles. The minimum absolute atomic E-state index is 0.197. The summed E-state index contributed by atoms with van der Waals surface area (Å²) in [6.07, 6.45) is 7.01. The summed E-state index contributed by atoms with van der Waals surface area (Å²) in [6, 6.07) is -0.996. The highest BCUT2D eigenvalue weighted by Gasteiger charge is 2.29. The summed E-state index contributed by atoms with van der Waals surface area (Å²) in [7, 11) is 0. The van der Waals surface area contributed by atoms with Gasteiger partial charge in [0.25, 0.3) is 0 Å². The number of hydrogen-bond acceptors (Lipinski definition) is 3. The Balaban J connectivity index is 2.51. The average Bonchev–Trinajstić information content (AvgIpc) is 2.99. The van der Waals surface area contributed by atoms with E-state index in [0.29, 0.717) is 12.5 Å². The summed E-state index contributed by atoms with van der Waals surface area (Å²) in [5.74, 6) is 1.46. The van der Waals surface area contributed by atoms with Crippen LogP contribution in [0.2, 0.25) is 0 Å². The Morgan fingerprint density at radius 3 is 2.62 bits per heavy atom. The van der Waals surface area contributed by atoms with Gasteiger partial charge in [0.05, 0.1) is 19.0 Å². The zero-order chi connectivity index (χ0) is 12.1. The summed E-state index contributed by atoms with van der Waals surface area (Å²) in [4.78, 5) is 23.7. The Hall–Kier alpha value is -1.54. The maximum absolute atomic E-state index is 11.8. The average molecular weight is 224 g/mol. The third-order valence-corrected chi connectivity index (χ3v) is 2.48. The molecule has 3 N–H and O–H groups in total. The Morgan fingerprint density at radius 2 is 2.19 bits per heavy atom. The fourth-order valence-corrected chi connectivity index (χ4v) is 1.46. The van der Waals surface area contributed by atoms with E-state index in [2.05, 4.69) is 5.92 Å². The molecule has 0 radical (unpaired) electrons. The highest BCUT2D eigenvalue weighted by atomic mass is 16.4. The molecule has 0 aromatic rings. The fourth-order valence-electron chi connectivity index (χ4n) is 1.46. The van der Waals surface area contributed by atoms with E-state index in [-0.39, 0.29) is 18.9 Å². The molecule has 0 heterocycles. The number of nitrogens with zero attached hydrogens (tertiary/aromatic N) is 1. The first kappa shape index (κ1) is 12.5. The molecule has 0 aromatic carbocycles. The SMILES string of the molecule is C#CCN(CC1CC1)C(=O)C(N)CC(=O)O. The second-order valence-electron chi connectivity index (χ2n) is 4.07. The van der Waals surface area contributed by atoms with Crippen molar-refractivity contribution in [3.8, 4) is 12.3 Å². The standard InChI is InChI=1S/C11H16N2O3/c1-2-5-13(7-8-3-4-8)11(16)9(12)6-10(14)15/h1,8-9H,3-7,12H2,(H,14,15). The first-order valence-corrected chi connectivity index (χ1v) is 5.24. The van der Waals surface area contributed by atoms with E-state index >= 15 is 0 Å². The summed E-state index contributed by atoms with van der Waals surface area (Å²) < 4.78 is 0. The van der Waals surface area contributed by atoms with Crippen LogP contribution in [0, 0.1) is 18.3 Å². The molecule has 1 atom stereocenters. The van der Waals surface area contributed by atoms with E-state index in [9.17, 15) is 9.59 Å². The number of carbonyl (C=O) groups excluding carboxylic acids is 1. The lowest BCUT2D eigenvalue weighted by atomic mass is 10.2. The van der Waals surface area contributed by atoms with Gasteiger partial charge in [0.15, 0.2) is 0 Å². The summed E-state index contributed by atoms with van der Waals surface area (Å²) in [5, 5.41) is 8.55. The molecule has 1 unspecified atom stereocenters. The van der Waals surface area contributed by atoms with Gasteiger partial charge in [0, 0.05) is 6.54 Å². The van der Waals surface area contributed by atoms with E-state index in [0.717, 1.165) is 12.8 Å². The topological polar surface area (TPSA) is 83.6 Å². The van der Waals surface area contributed by atoms with E-state index in [1.54, 1.807) is 0 Å². The lowest BCUT2D eigenvalue weighted by Crippen LogP contribution is -2.45. The zero-order valence-corrected chi connectivity index (χ0v) is 9.06. The molecule has 88 valence electrons. The third kappa shape index (κ3) is 3.91. The van der Waals surface area contributed by atoms with Gasteiger partial charge in [-0.3, -0.25) is 9.59 Å². The molecule has 0 saturated heterocycles. The molecular formula is C11H16N2O3. The molecule has 16 heavy (non-hydrogen) atoms. The van der Waals surface area contributed by atoms with Gasteiger partial charge in [0.2, 0.25) is 5.91 Å². The number of carbonyl (C=O) groups is 2. The molecule has 1 saturated carbocycles. The first-order chi connectivity index (χ1) is 7.54. The second kappa shape index (κ2) is 5.52. The number of carboxylic acids is 1. The molecule has 1 amide bonds. The van der Waals surface area contributed by atoms with Crippen LogP contribution in [0.5, 0.6) is 0 Å². The van der Waals surface area contributed by atoms with Gasteiger partial charge in [-0.25, -0.2) is 0 Å². The van der Waals surface area contributed by atoms with Crippen molar-refractivity contribution in [1.29, 1.82) is 0 Å². The number of rotatable bonds is 6. The monoisotopic (exact) mass is 224 g/mol. The number of nitrogens with two attached hydrogens (primary N) is 1. The summed E-state index contributed by atoms with van der Waals surface area (Å²) in [6.45, 7) is 0.791. The predicted molar refractivity (Wildman–Crippen MR) is 58.4 cm³/mol. The van der Waals surface area contributed by atoms with Crippen LogP contribution in [0.4, 0.5) is 0 Å². The van der Waals surface area contributed by atoms with Crippen molar-refractivity contribution in [2.75, 3.05) is 13.1 Å². The van der Waals surface area contributed by atoms with Gasteiger partial charge >= 0.3 is 5.97 Å². The van der Waals surface area contributed by atoms with Crippen LogP contribution in [-0.4, -0.2) is 41.0 Å². The normalized spacial score (nSPS) is 16.2. The molecule has 0 bridgehead atoms. The van der Waals surface area contributed by atoms with Crippen molar-refractivity contribution in [3.63, 3.8) is 0 Å². The number of hydrogen-bond donors (Lipinski definition) is 2. The predicted octanol–water partition coefficient (Wildman–Crippen LogP) is -0.340. The van der Waals surface area contributed by atoms with Crippen LogP contribution in [0.15, 0.2) is 0 Å². The van der Waals surface area contributed by atoms with Crippen LogP contribution in [0.3, 0.4) is 0 Å². The molecule has 0 spiro atoms. The van der Waals surface area contributed by atoms with Gasteiger partial charge in [0.1, 0.15) is 0 Å². The van der Waals surface area contributed by atoms with E-state index in [1.165, 1.54) is 4.90 Å². The van der Waals surface area contributed by atoms with Crippen molar-refractivity contribution < 1.29 is 14.7 Å². The smallest absolute Gasteiger partial charge is 0.305 e. The molecule has 5 heteroatoms. The molecule has 1 fully saturated rings. The largest absolute Gasteiger partial charge is 0.481 e. The van der Waals surface area contributed by atoms with Gasteiger partial charge in [-0.1, -0.05) is 5.92 Å². The lowest BCUT2D eigenvalue weighted by Gasteiger charge is -2.22. The number of carboxylic acid groups (broad SMARTS) is 1. The quantitative estimate of drug-likeness (QED) is 0.605. The van der Waals surface area contributed by atoms with E-state index < -0.39 is 12.0 Å². The van der Waals surface area contributed by atoms with Gasteiger partial charge < -0.3 is 15.7 Å². The summed E-state index contributed by atoms with van der Waals surface area (Å²) in [5.41, 5.74) is 5.50. The Morgan fingerprint density at radius 1 is 1.56 bits per heavy atom. The Kier molecular flexibility index (Phi) is 4.32. The van der Waals surface area contributed by atoms with Crippen LogP contribution in [-0.2, 0) is 9.59 Å². The third-order valence-electron chi connectivity index (χ3n) is 2.48. The molecule has 0 aromatic heterocycles. The Labute approximate surface area is 94.6 Å². The number of terminal acetylenes is 1. The maximum Gasteiger partial charge on any atom is 0.305 e. The number of aliphatic carboxylic acids is 1. The van der Waals surface area contributed by atoms with Crippen LogP contribution in [0.1, 0.15) is 19.3 Å². The summed E-state index contributed by atoms with van der Waals surface area (Å²) >= 11 is 0. The number of amides is 1. The molecular weight excluding hydrogens is 208 g/mol. The first-order valence-electron chi connectivity index (χ1n) is 5.24. The van der Waals surface area contributed by atoms with Crippen molar-refractivity contribution in [3.05, 3.63) is 0 Å². The highest BCUT2D eigenvalue weighted by molar-refractivity contribution is 5.86. The Bertz CT molecular complexity index is 318. The second-order valence-corrected chi connectivity index (χ2v) is 4.07. The van der Waals surface area contributed by atoms with Crippen LogP contribution >= 0.6 is 0 Å². The molecule has 1 rings (SSSR count). The zero-order valence-electron chi connectivity index (χ0n) is 9.06. The van der Waals surface area contributed by atoms with Crippen molar-refractivity contribution in [2.45, 2.75) is 25.3 Å². The highest BCUT2D eigenvalue weighted by Crippen LogP contribution is 2.29.